The number of aromatic nitrogens is 1. The third kappa shape index (κ3) is 4.91. The molecule has 0 aliphatic rings. The molecule has 0 bridgehead atoms. The normalized spacial score (nSPS) is 11.1. The number of halogens is 2. The number of benzene rings is 2. The Morgan fingerprint density at radius 3 is 2.69 bits per heavy atom. The fraction of sp³-hybridized carbons (Fsp3) is 0.200. The van der Waals surface area contributed by atoms with Gasteiger partial charge < -0.3 is 10.2 Å². The molecule has 0 saturated carbocycles. The van der Waals surface area contributed by atoms with Crippen molar-refractivity contribution in [2.75, 3.05) is 14.1 Å². The summed E-state index contributed by atoms with van der Waals surface area (Å²) in [5, 5.41) is 4.47. The van der Waals surface area contributed by atoms with Gasteiger partial charge in [-0.2, -0.15) is 0 Å². The number of pyridine rings is 1. The fourth-order valence-corrected chi connectivity index (χ4v) is 2.85. The van der Waals surface area contributed by atoms with Crippen LogP contribution in [0.2, 0.25) is 0 Å². The Balaban J connectivity index is 0.00000243. The van der Waals surface area contributed by atoms with Crippen LogP contribution in [0.15, 0.2) is 65.8 Å². The molecule has 0 amide bonds. The summed E-state index contributed by atoms with van der Waals surface area (Å²) in [6, 6.07) is 16.7. The standard InChI is InChI=1S/C20H21FN4.HI/c1-22-20(25(2)14-15-6-3-10-18(21)12-15)24-13-17-8-4-7-16-9-5-11-23-19(16)17;/h3-12H,13-14H2,1-2H3,(H,22,24);1H. The summed E-state index contributed by atoms with van der Waals surface area (Å²) in [5.74, 6) is 0.521. The molecule has 3 rings (SSSR count). The maximum atomic E-state index is 13.3. The summed E-state index contributed by atoms with van der Waals surface area (Å²) in [6.45, 7) is 1.19. The first-order valence-electron chi connectivity index (χ1n) is 8.16. The molecule has 0 unspecified atom stereocenters. The number of nitrogens with zero attached hydrogens (tertiary/aromatic N) is 3. The highest BCUT2D eigenvalue weighted by Crippen LogP contribution is 2.15. The first kappa shape index (κ1) is 20.1. The minimum absolute atomic E-state index is 0. The van der Waals surface area contributed by atoms with E-state index in [2.05, 4.69) is 33.5 Å². The van der Waals surface area contributed by atoms with Gasteiger partial charge in [0.25, 0.3) is 0 Å². The van der Waals surface area contributed by atoms with Crippen LogP contribution in [0.1, 0.15) is 11.1 Å². The molecule has 0 aliphatic carbocycles. The van der Waals surface area contributed by atoms with E-state index in [1.165, 1.54) is 6.07 Å². The van der Waals surface area contributed by atoms with Gasteiger partial charge in [0.1, 0.15) is 5.82 Å². The summed E-state index contributed by atoms with van der Waals surface area (Å²) in [6.07, 6.45) is 1.80. The maximum Gasteiger partial charge on any atom is 0.193 e. The van der Waals surface area contributed by atoms with Crippen LogP contribution >= 0.6 is 24.0 Å². The van der Waals surface area contributed by atoms with Crippen molar-refractivity contribution in [2.45, 2.75) is 13.1 Å². The van der Waals surface area contributed by atoms with E-state index in [0.717, 1.165) is 28.0 Å². The topological polar surface area (TPSA) is 40.5 Å². The third-order valence-electron chi connectivity index (χ3n) is 4.04. The number of guanidine groups is 1. The van der Waals surface area contributed by atoms with Crippen molar-refractivity contribution < 1.29 is 4.39 Å². The van der Waals surface area contributed by atoms with Crippen molar-refractivity contribution in [2.24, 2.45) is 4.99 Å². The minimum atomic E-state index is -0.226. The van der Waals surface area contributed by atoms with Crippen LogP contribution < -0.4 is 5.32 Å². The van der Waals surface area contributed by atoms with Crippen molar-refractivity contribution in [1.29, 1.82) is 0 Å². The van der Waals surface area contributed by atoms with Crippen molar-refractivity contribution >= 4 is 40.8 Å². The molecule has 6 heteroatoms. The first-order valence-corrected chi connectivity index (χ1v) is 8.16. The van der Waals surface area contributed by atoms with Crippen molar-refractivity contribution in [3.05, 3.63) is 77.7 Å². The van der Waals surface area contributed by atoms with Gasteiger partial charge >= 0.3 is 0 Å². The van der Waals surface area contributed by atoms with Crippen LogP contribution in [0, 0.1) is 5.82 Å². The Bertz CT molecular complexity index is 892. The summed E-state index contributed by atoms with van der Waals surface area (Å²) in [4.78, 5) is 10.8. The second-order valence-corrected chi connectivity index (χ2v) is 5.88. The van der Waals surface area contributed by atoms with E-state index < -0.39 is 0 Å². The molecule has 4 nitrogen and oxygen atoms in total. The van der Waals surface area contributed by atoms with Gasteiger partial charge in [-0.15, -0.1) is 24.0 Å². The monoisotopic (exact) mass is 464 g/mol. The molecule has 2 aromatic carbocycles. The smallest absolute Gasteiger partial charge is 0.193 e. The number of hydrogen-bond donors (Lipinski definition) is 1. The van der Waals surface area contributed by atoms with E-state index in [4.69, 9.17) is 0 Å². The summed E-state index contributed by atoms with van der Waals surface area (Å²) >= 11 is 0. The van der Waals surface area contributed by atoms with Crippen LogP contribution in [0.5, 0.6) is 0 Å². The van der Waals surface area contributed by atoms with Gasteiger partial charge in [0.15, 0.2) is 5.96 Å². The number of para-hydroxylation sites is 1. The second kappa shape index (κ2) is 9.47. The predicted octanol–water partition coefficient (Wildman–Crippen LogP) is 4.20. The first-order chi connectivity index (χ1) is 12.2. The van der Waals surface area contributed by atoms with Gasteiger partial charge in [-0.05, 0) is 29.3 Å². The molecule has 0 atom stereocenters. The highest BCUT2D eigenvalue weighted by Gasteiger charge is 2.08. The van der Waals surface area contributed by atoms with E-state index >= 15 is 0 Å². The number of rotatable bonds is 4. The molecule has 1 aromatic heterocycles. The zero-order chi connectivity index (χ0) is 17.6. The summed E-state index contributed by atoms with van der Waals surface area (Å²) in [7, 11) is 3.67. The van der Waals surface area contributed by atoms with Crippen molar-refractivity contribution in [3.63, 3.8) is 0 Å². The molecule has 0 saturated heterocycles. The number of aliphatic imine (C=N–C) groups is 1. The molecule has 26 heavy (non-hydrogen) atoms. The van der Waals surface area contributed by atoms with E-state index in [1.54, 1.807) is 25.4 Å². The number of nitrogens with one attached hydrogen (secondary N) is 1. The van der Waals surface area contributed by atoms with Gasteiger partial charge in [0.2, 0.25) is 0 Å². The average molecular weight is 464 g/mol. The lowest BCUT2D eigenvalue weighted by molar-refractivity contribution is 0.474. The molecule has 1 heterocycles. The lowest BCUT2D eigenvalue weighted by atomic mass is 10.1. The van der Waals surface area contributed by atoms with E-state index in [0.29, 0.717) is 13.1 Å². The molecular weight excluding hydrogens is 442 g/mol. The molecule has 1 N–H and O–H groups in total. The Morgan fingerprint density at radius 1 is 1.15 bits per heavy atom. The van der Waals surface area contributed by atoms with Crippen LogP contribution in [-0.2, 0) is 13.1 Å². The SMILES string of the molecule is CN=C(NCc1cccc2cccnc12)N(C)Cc1cccc(F)c1.I. The van der Waals surface area contributed by atoms with Gasteiger partial charge in [0, 0.05) is 38.8 Å². The van der Waals surface area contributed by atoms with Gasteiger partial charge in [-0.1, -0.05) is 36.4 Å². The second-order valence-electron chi connectivity index (χ2n) is 5.88. The molecule has 3 aromatic rings. The Kier molecular flexibility index (Phi) is 7.32. The Morgan fingerprint density at radius 2 is 1.92 bits per heavy atom. The zero-order valence-corrected chi connectivity index (χ0v) is 17.1. The van der Waals surface area contributed by atoms with Gasteiger partial charge in [-0.3, -0.25) is 9.98 Å². The summed E-state index contributed by atoms with van der Waals surface area (Å²) < 4.78 is 13.3. The molecule has 0 aliphatic heterocycles. The predicted molar refractivity (Wildman–Crippen MR) is 115 cm³/mol. The van der Waals surface area contributed by atoms with Crippen LogP contribution in [0.25, 0.3) is 10.9 Å². The highest BCUT2D eigenvalue weighted by atomic mass is 127. The van der Waals surface area contributed by atoms with Crippen molar-refractivity contribution in [3.8, 4) is 0 Å². The molecule has 0 fully saturated rings. The lowest BCUT2D eigenvalue weighted by Gasteiger charge is -2.22. The van der Waals surface area contributed by atoms with Crippen LogP contribution in [0.3, 0.4) is 0 Å². The summed E-state index contributed by atoms with van der Waals surface area (Å²) in [5.41, 5.74) is 3.00. The Hall–Kier alpha value is -2.22. The van der Waals surface area contributed by atoms with E-state index in [1.807, 2.05) is 30.1 Å². The van der Waals surface area contributed by atoms with E-state index in [-0.39, 0.29) is 29.8 Å². The molecule has 0 spiro atoms. The van der Waals surface area contributed by atoms with Gasteiger partial charge in [-0.25, -0.2) is 4.39 Å². The largest absolute Gasteiger partial charge is 0.352 e. The maximum absolute atomic E-state index is 13.3. The quantitative estimate of drug-likeness (QED) is 0.358. The van der Waals surface area contributed by atoms with Crippen molar-refractivity contribution in [1.82, 2.24) is 15.2 Å². The minimum Gasteiger partial charge on any atom is -0.352 e. The van der Waals surface area contributed by atoms with E-state index in [9.17, 15) is 4.39 Å². The molecule has 136 valence electrons. The average Bonchev–Trinajstić information content (AvgIpc) is 2.62. The van der Waals surface area contributed by atoms with Gasteiger partial charge in [0.05, 0.1) is 5.52 Å². The fourth-order valence-electron chi connectivity index (χ4n) is 2.85. The lowest BCUT2D eigenvalue weighted by Crippen LogP contribution is -2.38. The van der Waals surface area contributed by atoms with Crippen LogP contribution in [-0.4, -0.2) is 29.9 Å². The third-order valence-corrected chi connectivity index (χ3v) is 4.04. The zero-order valence-electron chi connectivity index (χ0n) is 14.8. The molecule has 0 radical (unpaired) electrons. The number of fused-ring (bicyclic) bond motifs is 1. The highest BCUT2D eigenvalue weighted by molar-refractivity contribution is 14.0. The Labute approximate surface area is 170 Å². The number of hydrogen-bond acceptors (Lipinski definition) is 2. The molecular formula is C20H22FIN4. The van der Waals surface area contributed by atoms with Crippen LogP contribution in [0.4, 0.5) is 4.39 Å².